The maximum atomic E-state index is 10.7. The van der Waals surface area contributed by atoms with Crippen LogP contribution in [0, 0.1) is 6.92 Å². The maximum Gasteiger partial charge on any atom is 0.0727 e. The van der Waals surface area contributed by atoms with Crippen LogP contribution in [0.4, 0.5) is 0 Å². The average Bonchev–Trinajstić information content (AvgIpc) is 2.61. The second-order valence-corrected chi connectivity index (χ2v) is 5.64. The Balaban J connectivity index is 1.95. The number of hydrogen-bond acceptors (Lipinski definition) is 3. The Kier molecular flexibility index (Phi) is 4.07. The molecule has 0 unspecified atom stereocenters. The minimum atomic E-state index is -0.537. The zero-order valence-electron chi connectivity index (χ0n) is 11.8. The molecule has 18 heavy (non-hydrogen) atoms. The minimum absolute atomic E-state index is 0.537. The molecule has 0 amide bonds. The van der Waals surface area contributed by atoms with Gasteiger partial charge in [0.2, 0.25) is 0 Å². The summed E-state index contributed by atoms with van der Waals surface area (Å²) in [7, 11) is 1.96. The van der Waals surface area contributed by atoms with Gasteiger partial charge in [-0.1, -0.05) is 6.92 Å². The van der Waals surface area contributed by atoms with Crippen LogP contribution in [0.25, 0.3) is 0 Å². The van der Waals surface area contributed by atoms with Gasteiger partial charge in [-0.3, -0.25) is 4.68 Å². The summed E-state index contributed by atoms with van der Waals surface area (Å²) >= 11 is 0. The number of piperidine rings is 1. The van der Waals surface area contributed by atoms with E-state index in [1.807, 2.05) is 18.7 Å². The first kappa shape index (κ1) is 13.6. The van der Waals surface area contributed by atoms with Gasteiger partial charge in [-0.2, -0.15) is 5.10 Å². The standard InChI is InChI=1S/C14H25N3O/c1-4-7-17-8-5-14(18,6-9-17)11-13-10-12(2)15-16(13)3/h10,18H,4-9,11H2,1-3H3. The zero-order chi connectivity index (χ0) is 13.2. The normalized spacial score (nSPS) is 20.2. The molecule has 2 heterocycles. The van der Waals surface area contributed by atoms with E-state index in [4.69, 9.17) is 0 Å². The Morgan fingerprint density at radius 3 is 2.56 bits per heavy atom. The molecule has 4 heteroatoms. The van der Waals surface area contributed by atoms with E-state index in [1.54, 1.807) is 0 Å². The lowest BCUT2D eigenvalue weighted by Crippen LogP contribution is -2.46. The van der Waals surface area contributed by atoms with Crippen molar-refractivity contribution in [1.82, 2.24) is 14.7 Å². The number of likely N-dealkylation sites (tertiary alicyclic amines) is 1. The van der Waals surface area contributed by atoms with Crippen molar-refractivity contribution in [2.24, 2.45) is 7.05 Å². The third-order valence-electron chi connectivity index (χ3n) is 3.94. The Bertz CT molecular complexity index is 392. The Labute approximate surface area is 110 Å². The lowest BCUT2D eigenvalue weighted by atomic mass is 9.87. The quantitative estimate of drug-likeness (QED) is 0.882. The summed E-state index contributed by atoms with van der Waals surface area (Å²) in [6, 6.07) is 2.08. The van der Waals surface area contributed by atoms with Crippen LogP contribution in [0.1, 0.15) is 37.6 Å². The van der Waals surface area contributed by atoms with Crippen molar-refractivity contribution in [3.63, 3.8) is 0 Å². The zero-order valence-corrected chi connectivity index (χ0v) is 11.8. The lowest BCUT2D eigenvalue weighted by Gasteiger charge is -2.38. The molecule has 102 valence electrons. The van der Waals surface area contributed by atoms with Gasteiger partial charge in [-0.15, -0.1) is 0 Å². The molecular formula is C14H25N3O. The first-order valence-electron chi connectivity index (χ1n) is 6.97. The van der Waals surface area contributed by atoms with Crippen molar-refractivity contribution < 1.29 is 5.11 Å². The fourth-order valence-electron chi connectivity index (χ4n) is 2.85. The highest BCUT2D eigenvalue weighted by atomic mass is 16.3. The summed E-state index contributed by atoms with van der Waals surface area (Å²) in [6.45, 7) is 7.39. The van der Waals surface area contributed by atoms with Gasteiger partial charge in [-0.25, -0.2) is 0 Å². The summed E-state index contributed by atoms with van der Waals surface area (Å²) in [5, 5.41) is 15.0. The van der Waals surface area contributed by atoms with Gasteiger partial charge < -0.3 is 10.0 Å². The molecule has 0 aromatic carbocycles. The van der Waals surface area contributed by atoms with E-state index in [2.05, 4.69) is 23.0 Å². The molecule has 0 aliphatic carbocycles. The predicted molar refractivity (Wildman–Crippen MR) is 72.6 cm³/mol. The van der Waals surface area contributed by atoms with Crippen LogP contribution in [0.15, 0.2) is 6.07 Å². The van der Waals surface area contributed by atoms with Crippen LogP contribution in [-0.4, -0.2) is 45.0 Å². The molecule has 0 atom stereocenters. The number of aromatic nitrogens is 2. The van der Waals surface area contributed by atoms with Crippen LogP contribution >= 0.6 is 0 Å². The minimum Gasteiger partial charge on any atom is -0.389 e. The van der Waals surface area contributed by atoms with Crippen LogP contribution in [0.3, 0.4) is 0 Å². The maximum absolute atomic E-state index is 10.7. The first-order chi connectivity index (χ1) is 8.52. The fraction of sp³-hybridized carbons (Fsp3) is 0.786. The molecule has 4 nitrogen and oxygen atoms in total. The topological polar surface area (TPSA) is 41.3 Å². The first-order valence-corrected chi connectivity index (χ1v) is 6.97. The third-order valence-corrected chi connectivity index (χ3v) is 3.94. The molecule has 1 fully saturated rings. The molecule has 1 aliphatic rings. The predicted octanol–water partition coefficient (Wildman–Crippen LogP) is 1.51. The number of aliphatic hydroxyl groups is 1. The molecule has 1 saturated heterocycles. The number of rotatable bonds is 4. The van der Waals surface area contributed by atoms with Gasteiger partial charge >= 0.3 is 0 Å². The highest BCUT2D eigenvalue weighted by Gasteiger charge is 2.32. The van der Waals surface area contributed by atoms with Crippen molar-refractivity contribution in [2.45, 2.75) is 45.1 Å². The van der Waals surface area contributed by atoms with Crippen LogP contribution in [0.2, 0.25) is 0 Å². The largest absolute Gasteiger partial charge is 0.389 e. The lowest BCUT2D eigenvalue weighted by molar-refractivity contribution is -0.0217. The van der Waals surface area contributed by atoms with E-state index in [0.717, 1.165) is 50.3 Å². The second-order valence-electron chi connectivity index (χ2n) is 5.64. The van der Waals surface area contributed by atoms with Crippen LogP contribution < -0.4 is 0 Å². The highest BCUT2D eigenvalue weighted by molar-refractivity contribution is 5.12. The second kappa shape index (κ2) is 5.41. The average molecular weight is 251 g/mol. The highest BCUT2D eigenvalue weighted by Crippen LogP contribution is 2.26. The van der Waals surface area contributed by atoms with Crippen LogP contribution in [-0.2, 0) is 13.5 Å². The van der Waals surface area contributed by atoms with Gasteiger partial charge in [-0.05, 0) is 38.8 Å². The molecular weight excluding hydrogens is 226 g/mol. The molecule has 0 saturated carbocycles. The molecule has 2 rings (SSSR count). The molecule has 1 aromatic rings. The SMILES string of the molecule is CCCN1CCC(O)(Cc2cc(C)nn2C)CC1. The van der Waals surface area contributed by atoms with Crippen molar-refractivity contribution in [2.75, 3.05) is 19.6 Å². The van der Waals surface area contributed by atoms with Crippen molar-refractivity contribution >= 4 is 0 Å². The number of aryl methyl sites for hydroxylation is 2. The molecule has 0 bridgehead atoms. The van der Waals surface area contributed by atoms with E-state index in [1.165, 1.54) is 6.42 Å². The van der Waals surface area contributed by atoms with Gasteiger partial charge in [0, 0.05) is 32.3 Å². The van der Waals surface area contributed by atoms with E-state index in [9.17, 15) is 5.11 Å². The summed E-state index contributed by atoms with van der Waals surface area (Å²) < 4.78 is 1.89. The summed E-state index contributed by atoms with van der Waals surface area (Å²) in [6.07, 6.45) is 3.66. The number of nitrogens with zero attached hydrogens (tertiary/aromatic N) is 3. The Morgan fingerprint density at radius 1 is 1.39 bits per heavy atom. The van der Waals surface area contributed by atoms with E-state index in [0.29, 0.717) is 0 Å². The van der Waals surface area contributed by atoms with E-state index in [-0.39, 0.29) is 0 Å². The van der Waals surface area contributed by atoms with E-state index >= 15 is 0 Å². The van der Waals surface area contributed by atoms with E-state index < -0.39 is 5.60 Å². The van der Waals surface area contributed by atoms with Crippen molar-refractivity contribution in [3.05, 3.63) is 17.5 Å². The molecule has 1 aliphatic heterocycles. The number of hydrogen-bond donors (Lipinski definition) is 1. The summed E-state index contributed by atoms with van der Waals surface area (Å²) in [5.41, 5.74) is 1.63. The molecule has 0 radical (unpaired) electrons. The molecule has 0 spiro atoms. The Hall–Kier alpha value is -0.870. The van der Waals surface area contributed by atoms with Gasteiger partial charge in [0.1, 0.15) is 0 Å². The summed E-state index contributed by atoms with van der Waals surface area (Å²) in [4.78, 5) is 2.45. The van der Waals surface area contributed by atoms with Crippen molar-refractivity contribution in [3.8, 4) is 0 Å². The molecule has 1 aromatic heterocycles. The Morgan fingerprint density at radius 2 is 2.06 bits per heavy atom. The van der Waals surface area contributed by atoms with Gasteiger partial charge in [0.05, 0.1) is 11.3 Å². The fourth-order valence-corrected chi connectivity index (χ4v) is 2.85. The molecule has 1 N–H and O–H groups in total. The van der Waals surface area contributed by atoms with Crippen LogP contribution in [0.5, 0.6) is 0 Å². The van der Waals surface area contributed by atoms with Gasteiger partial charge in [0.25, 0.3) is 0 Å². The van der Waals surface area contributed by atoms with Gasteiger partial charge in [0.15, 0.2) is 0 Å². The smallest absolute Gasteiger partial charge is 0.0727 e. The summed E-state index contributed by atoms with van der Waals surface area (Å²) in [5.74, 6) is 0. The van der Waals surface area contributed by atoms with Crippen molar-refractivity contribution in [1.29, 1.82) is 0 Å². The monoisotopic (exact) mass is 251 g/mol. The third kappa shape index (κ3) is 3.12.